The quantitative estimate of drug-likeness (QED) is 0.274. The number of nitrogens with zero attached hydrogens (tertiary/aromatic N) is 1. The van der Waals surface area contributed by atoms with Crippen molar-refractivity contribution in [2.24, 2.45) is 5.10 Å². The topological polar surface area (TPSA) is 89.0 Å². The van der Waals surface area contributed by atoms with Crippen molar-refractivity contribution < 1.29 is 27.8 Å². The van der Waals surface area contributed by atoms with Crippen LogP contribution in [0, 0.1) is 11.6 Å². The number of hydrazone groups is 1. The van der Waals surface area contributed by atoms with E-state index < -0.39 is 17.6 Å². The number of halogens is 3. The van der Waals surface area contributed by atoms with Crippen LogP contribution in [0.25, 0.3) is 0 Å². The summed E-state index contributed by atoms with van der Waals surface area (Å²) in [7, 11) is 0. The summed E-state index contributed by atoms with van der Waals surface area (Å²) in [6.07, 6.45) is 1.33. The molecule has 0 aliphatic heterocycles. The molecule has 3 rings (SSSR count). The van der Waals surface area contributed by atoms with E-state index in [1.54, 1.807) is 30.3 Å². The summed E-state index contributed by atoms with van der Waals surface area (Å²) in [6, 6.07) is 14.5. The molecule has 0 aliphatic carbocycles. The Labute approximate surface area is 199 Å². The van der Waals surface area contributed by atoms with Crippen molar-refractivity contribution in [2.45, 2.75) is 13.5 Å². The monoisotopic (exact) mass is 487 g/mol. The fraction of sp³-hybridized carbons (Fsp3) is 0.125. The maximum Gasteiger partial charge on any atom is 0.329 e. The van der Waals surface area contributed by atoms with Crippen LogP contribution < -0.4 is 20.2 Å². The number of carbonyl (C=O) groups is 2. The highest BCUT2D eigenvalue weighted by Crippen LogP contribution is 2.29. The Kier molecular flexibility index (Phi) is 8.53. The smallest absolute Gasteiger partial charge is 0.329 e. The van der Waals surface area contributed by atoms with Crippen LogP contribution in [0.2, 0.25) is 5.02 Å². The van der Waals surface area contributed by atoms with Crippen LogP contribution >= 0.6 is 11.6 Å². The van der Waals surface area contributed by atoms with Gasteiger partial charge in [0.15, 0.2) is 11.5 Å². The van der Waals surface area contributed by atoms with Gasteiger partial charge in [-0.3, -0.25) is 9.59 Å². The minimum atomic E-state index is -1.03. The highest BCUT2D eigenvalue weighted by atomic mass is 35.5. The van der Waals surface area contributed by atoms with Crippen molar-refractivity contribution in [3.05, 3.63) is 88.4 Å². The lowest BCUT2D eigenvalue weighted by Gasteiger charge is -2.12. The standard InChI is InChI=1S/C24H20ClF2N3O4/c1-2-33-22-11-16(5-10-21(22)34-14-15-3-6-17(26)7-4-15)13-28-30-24(32)23(31)29-18-8-9-20(27)19(25)12-18/h3-13H,2,14H2,1H3,(H,29,31)(H,30,32)/b28-13+. The SMILES string of the molecule is CCOc1cc(/C=N/NC(=O)C(=O)Nc2ccc(F)c(Cl)c2)ccc1OCc1ccc(F)cc1. The molecule has 7 nitrogen and oxygen atoms in total. The predicted octanol–water partition coefficient (Wildman–Crippen LogP) is 4.68. The third kappa shape index (κ3) is 7.01. The number of carbonyl (C=O) groups excluding carboxylic acids is 2. The highest BCUT2D eigenvalue weighted by Gasteiger charge is 2.14. The van der Waals surface area contributed by atoms with E-state index in [9.17, 15) is 18.4 Å². The average Bonchev–Trinajstić information content (AvgIpc) is 2.82. The maximum atomic E-state index is 13.2. The third-order valence-electron chi connectivity index (χ3n) is 4.34. The molecule has 2 N–H and O–H groups in total. The van der Waals surface area contributed by atoms with E-state index >= 15 is 0 Å². The minimum Gasteiger partial charge on any atom is -0.490 e. The second-order valence-corrected chi connectivity index (χ2v) is 7.24. The fourth-order valence-electron chi connectivity index (χ4n) is 2.71. The molecule has 10 heteroatoms. The average molecular weight is 488 g/mol. The van der Waals surface area contributed by atoms with Crippen LogP contribution in [0.3, 0.4) is 0 Å². The molecule has 0 atom stereocenters. The summed E-state index contributed by atoms with van der Waals surface area (Å²) in [5, 5.41) is 5.87. The van der Waals surface area contributed by atoms with Crippen LogP contribution in [0.15, 0.2) is 65.8 Å². The first-order valence-corrected chi connectivity index (χ1v) is 10.5. The van der Waals surface area contributed by atoms with Gasteiger partial charge in [0.2, 0.25) is 0 Å². The summed E-state index contributed by atoms with van der Waals surface area (Å²) in [6.45, 7) is 2.42. The van der Waals surface area contributed by atoms with Gasteiger partial charge in [-0.25, -0.2) is 14.2 Å². The van der Waals surface area contributed by atoms with Gasteiger partial charge in [0.1, 0.15) is 18.2 Å². The molecule has 0 bridgehead atoms. The molecule has 0 aliphatic rings. The Morgan fingerprint density at radius 3 is 2.44 bits per heavy atom. The normalized spacial score (nSPS) is 10.7. The van der Waals surface area contributed by atoms with Gasteiger partial charge in [0.25, 0.3) is 0 Å². The van der Waals surface area contributed by atoms with Crippen molar-refractivity contribution in [1.82, 2.24) is 5.43 Å². The number of hydrogen-bond donors (Lipinski definition) is 2. The van der Waals surface area contributed by atoms with E-state index in [-0.39, 0.29) is 23.1 Å². The lowest BCUT2D eigenvalue weighted by atomic mass is 10.2. The maximum absolute atomic E-state index is 13.2. The lowest BCUT2D eigenvalue weighted by Crippen LogP contribution is -2.32. The molecule has 3 aromatic rings. The van der Waals surface area contributed by atoms with Gasteiger partial charge in [-0.2, -0.15) is 5.10 Å². The second-order valence-electron chi connectivity index (χ2n) is 6.84. The molecule has 3 aromatic carbocycles. The summed E-state index contributed by atoms with van der Waals surface area (Å²) in [5.74, 6) is -2.07. The minimum absolute atomic E-state index is 0.160. The number of anilines is 1. The van der Waals surface area contributed by atoms with Crippen molar-refractivity contribution in [1.29, 1.82) is 0 Å². The molecule has 0 radical (unpaired) electrons. The van der Waals surface area contributed by atoms with Crippen LogP contribution in [0.1, 0.15) is 18.1 Å². The molecule has 176 valence electrons. The number of ether oxygens (including phenoxy) is 2. The van der Waals surface area contributed by atoms with Gasteiger partial charge in [-0.1, -0.05) is 23.7 Å². The van der Waals surface area contributed by atoms with E-state index in [1.807, 2.05) is 6.92 Å². The van der Waals surface area contributed by atoms with Gasteiger partial charge in [-0.05, 0) is 66.6 Å². The number of hydrogen-bond acceptors (Lipinski definition) is 5. The summed E-state index contributed by atoms with van der Waals surface area (Å²) < 4.78 is 37.6. The fourth-order valence-corrected chi connectivity index (χ4v) is 2.89. The van der Waals surface area contributed by atoms with E-state index in [0.717, 1.165) is 11.6 Å². The molecule has 0 heterocycles. The lowest BCUT2D eigenvalue weighted by molar-refractivity contribution is -0.136. The van der Waals surface area contributed by atoms with Gasteiger partial charge >= 0.3 is 11.8 Å². The Hall–Kier alpha value is -3.98. The number of amides is 2. The van der Waals surface area contributed by atoms with Crippen molar-refractivity contribution in [2.75, 3.05) is 11.9 Å². The molecule has 0 aromatic heterocycles. The van der Waals surface area contributed by atoms with E-state index in [1.165, 1.54) is 30.5 Å². The van der Waals surface area contributed by atoms with Crippen molar-refractivity contribution in [3.63, 3.8) is 0 Å². The number of benzene rings is 3. The molecule has 0 saturated carbocycles. The molecular weight excluding hydrogens is 468 g/mol. The van der Waals surface area contributed by atoms with E-state index in [0.29, 0.717) is 23.7 Å². The first kappa shape index (κ1) is 24.7. The van der Waals surface area contributed by atoms with Crippen molar-refractivity contribution in [3.8, 4) is 11.5 Å². The van der Waals surface area contributed by atoms with Crippen LogP contribution in [-0.2, 0) is 16.2 Å². The van der Waals surface area contributed by atoms with E-state index in [4.69, 9.17) is 21.1 Å². The van der Waals surface area contributed by atoms with Gasteiger partial charge < -0.3 is 14.8 Å². The third-order valence-corrected chi connectivity index (χ3v) is 4.63. The zero-order chi connectivity index (χ0) is 24.5. The molecule has 34 heavy (non-hydrogen) atoms. The molecule has 2 amide bonds. The van der Waals surface area contributed by atoms with Crippen LogP contribution in [-0.4, -0.2) is 24.6 Å². The Morgan fingerprint density at radius 1 is 0.971 bits per heavy atom. The Bertz CT molecular complexity index is 1200. The zero-order valence-corrected chi connectivity index (χ0v) is 18.7. The van der Waals surface area contributed by atoms with Crippen LogP contribution in [0.5, 0.6) is 11.5 Å². The van der Waals surface area contributed by atoms with Gasteiger partial charge in [-0.15, -0.1) is 0 Å². The zero-order valence-electron chi connectivity index (χ0n) is 18.0. The van der Waals surface area contributed by atoms with Crippen molar-refractivity contribution >= 4 is 35.3 Å². The molecule has 0 fully saturated rings. The summed E-state index contributed by atoms with van der Waals surface area (Å²) in [5.41, 5.74) is 3.63. The Balaban J connectivity index is 1.59. The summed E-state index contributed by atoms with van der Waals surface area (Å²) >= 11 is 5.65. The largest absolute Gasteiger partial charge is 0.490 e. The first-order valence-electron chi connectivity index (χ1n) is 10.1. The molecule has 0 spiro atoms. The second kappa shape index (κ2) is 11.8. The molecule has 0 saturated heterocycles. The highest BCUT2D eigenvalue weighted by molar-refractivity contribution is 6.39. The number of rotatable bonds is 8. The first-order chi connectivity index (χ1) is 16.4. The van der Waals surface area contributed by atoms with E-state index in [2.05, 4.69) is 15.8 Å². The molecular formula is C24H20ClF2N3O4. The molecule has 0 unspecified atom stereocenters. The van der Waals surface area contributed by atoms with Gasteiger partial charge in [0, 0.05) is 5.69 Å². The Morgan fingerprint density at radius 2 is 1.74 bits per heavy atom. The van der Waals surface area contributed by atoms with Crippen LogP contribution in [0.4, 0.5) is 14.5 Å². The predicted molar refractivity (Wildman–Crippen MR) is 124 cm³/mol. The van der Waals surface area contributed by atoms with Gasteiger partial charge in [0.05, 0.1) is 17.8 Å². The summed E-state index contributed by atoms with van der Waals surface area (Å²) in [4.78, 5) is 23.9. The number of nitrogens with one attached hydrogen (secondary N) is 2.